The van der Waals surface area contributed by atoms with Crippen LogP contribution < -0.4 is 15.4 Å². The van der Waals surface area contributed by atoms with E-state index in [-0.39, 0.29) is 12.1 Å². The van der Waals surface area contributed by atoms with Gasteiger partial charge in [0.25, 0.3) is 0 Å². The largest absolute Gasteiger partial charge is 0.496 e. The summed E-state index contributed by atoms with van der Waals surface area (Å²) in [7, 11) is 1.66. The van der Waals surface area contributed by atoms with Crippen LogP contribution in [-0.4, -0.2) is 31.5 Å². The van der Waals surface area contributed by atoms with Gasteiger partial charge in [-0.3, -0.25) is 0 Å². The maximum Gasteiger partial charge on any atom is 0.166 e. The van der Waals surface area contributed by atoms with Crippen LogP contribution in [0.4, 0.5) is 0 Å². The van der Waals surface area contributed by atoms with Gasteiger partial charge in [-0.05, 0) is 65.6 Å². The van der Waals surface area contributed by atoms with Crippen LogP contribution in [0.25, 0.3) is 0 Å². The summed E-state index contributed by atoms with van der Waals surface area (Å²) in [6.45, 7) is 3.71. The second-order valence-corrected chi connectivity index (χ2v) is 6.37. The fraction of sp³-hybridized carbons (Fsp3) is 0.533. The highest BCUT2D eigenvalue weighted by atomic mass is 79.9. The molecule has 21 heavy (non-hydrogen) atoms. The summed E-state index contributed by atoms with van der Waals surface area (Å²) in [5.41, 5.74) is 1.14. The molecule has 0 spiro atoms. The highest BCUT2D eigenvalue weighted by Crippen LogP contribution is 2.27. The van der Waals surface area contributed by atoms with Gasteiger partial charge in [0.1, 0.15) is 5.75 Å². The number of ether oxygens (including phenoxy) is 2. The molecule has 0 amide bonds. The Bertz CT molecular complexity index is 493. The van der Waals surface area contributed by atoms with Gasteiger partial charge >= 0.3 is 0 Å². The third-order valence-corrected chi connectivity index (χ3v) is 4.42. The van der Waals surface area contributed by atoms with Crippen molar-refractivity contribution < 1.29 is 9.47 Å². The highest BCUT2D eigenvalue weighted by molar-refractivity contribution is 9.10. The zero-order valence-electron chi connectivity index (χ0n) is 12.3. The molecule has 4 nitrogen and oxygen atoms in total. The molecular weight excluding hydrogens is 352 g/mol. The summed E-state index contributed by atoms with van der Waals surface area (Å²) in [5.74, 6) is 0.824. The second-order valence-electron chi connectivity index (χ2n) is 5.11. The fourth-order valence-electron chi connectivity index (χ4n) is 2.29. The van der Waals surface area contributed by atoms with Crippen molar-refractivity contribution in [3.63, 3.8) is 0 Å². The van der Waals surface area contributed by atoms with Crippen molar-refractivity contribution in [1.29, 1.82) is 0 Å². The molecule has 1 aliphatic heterocycles. The van der Waals surface area contributed by atoms with Gasteiger partial charge in [-0.25, -0.2) is 0 Å². The molecule has 0 aromatic heterocycles. The lowest BCUT2D eigenvalue weighted by atomic mass is 10.1. The number of methoxy groups -OCH3 is 1. The Kier molecular flexibility index (Phi) is 6.26. The van der Waals surface area contributed by atoms with Crippen molar-refractivity contribution in [3.05, 3.63) is 28.2 Å². The summed E-state index contributed by atoms with van der Waals surface area (Å²) in [5, 5.41) is 7.17. The second kappa shape index (κ2) is 7.96. The van der Waals surface area contributed by atoms with Crippen molar-refractivity contribution in [3.8, 4) is 5.75 Å². The van der Waals surface area contributed by atoms with Gasteiger partial charge in [-0.2, -0.15) is 0 Å². The molecule has 0 saturated carbocycles. The zero-order chi connectivity index (χ0) is 15.2. The Morgan fingerprint density at radius 1 is 1.57 bits per heavy atom. The maximum atomic E-state index is 5.56. The van der Waals surface area contributed by atoms with Gasteiger partial charge < -0.3 is 20.1 Å². The predicted molar refractivity (Wildman–Crippen MR) is 91.8 cm³/mol. The SMILES string of the molecule is COc1ccc([C@H](C)NC(=S)NC[C@H]2CCCO2)cc1Br. The average Bonchev–Trinajstić information content (AvgIpc) is 2.98. The predicted octanol–water partition coefficient (Wildman–Crippen LogP) is 3.16. The lowest BCUT2D eigenvalue weighted by Crippen LogP contribution is -2.40. The van der Waals surface area contributed by atoms with Crippen LogP contribution in [0.15, 0.2) is 22.7 Å². The first-order valence-corrected chi connectivity index (χ1v) is 8.29. The van der Waals surface area contributed by atoms with Crippen molar-refractivity contribution in [2.75, 3.05) is 20.3 Å². The van der Waals surface area contributed by atoms with E-state index in [0.717, 1.165) is 41.8 Å². The lowest BCUT2D eigenvalue weighted by Gasteiger charge is -2.19. The van der Waals surface area contributed by atoms with E-state index in [2.05, 4.69) is 33.5 Å². The molecule has 116 valence electrons. The fourth-order valence-corrected chi connectivity index (χ4v) is 3.11. The number of thiocarbonyl (C=S) groups is 1. The third-order valence-electron chi connectivity index (χ3n) is 3.54. The first-order valence-electron chi connectivity index (χ1n) is 7.09. The summed E-state index contributed by atoms with van der Waals surface area (Å²) in [6.07, 6.45) is 2.54. The van der Waals surface area contributed by atoms with Gasteiger partial charge in [-0.1, -0.05) is 6.07 Å². The molecule has 1 saturated heterocycles. The molecule has 0 unspecified atom stereocenters. The number of halogens is 1. The lowest BCUT2D eigenvalue weighted by molar-refractivity contribution is 0.114. The summed E-state index contributed by atoms with van der Waals surface area (Å²) < 4.78 is 11.7. The maximum absolute atomic E-state index is 5.56. The van der Waals surface area contributed by atoms with E-state index in [4.69, 9.17) is 21.7 Å². The van der Waals surface area contributed by atoms with E-state index < -0.39 is 0 Å². The zero-order valence-corrected chi connectivity index (χ0v) is 14.7. The molecule has 6 heteroatoms. The standard InChI is InChI=1S/C15H21BrN2O2S/c1-10(11-5-6-14(19-2)13(16)8-11)18-15(21)17-9-12-4-3-7-20-12/h5-6,8,10,12H,3-4,7,9H2,1-2H3,(H2,17,18,21)/t10-,12+/m0/s1. The van der Waals surface area contributed by atoms with E-state index in [1.807, 2.05) is 18.2 Å². The van der Waals surface area contributed by atoms with Crippen LogP contribution in [0.5, 0.6) is 5.75 Å². The smallest absolute Gasteiger partial charge is 0.166 e. The van der Waals surface area contributed by atoms with Crippen molar-refractivity contribution in [2.24, 2.45) is 0 Å². The first-order chi connectivity index (χ1) is 10.1. The molecular formula is C15H21BrN2O2S. The van der Waals surface area contributed by atoms with E-state index in [1.54, 1.807) is 7.11 Å². The van der Waals surface area contributed by atoms with Crippen LogP contribution in [0.2, 0.25) is 0 Å². The van der Waals surface area contributed by atoms with Crippen LogP contribution >= 0.6 is 28.1 Å². The van der Waals surface area contributed by atoms with Gasteiger partial charge in [0.05, 0.1) is 23.7 Å². The normalized spacial score (nSPS) is 19.1. The Balaban J connectivity index is 1.83. The molecule has 2 rings (SSSR count). The van der Waals surface area contributed by atoms with Crippen molar-refractivity contribution in [2.45, 2.75) is 31.9 Å². The minimum absolute atomic E-state index is 0.122. The molecule has 1 aliphatic rings. The summed E-state index contributed by atoms with van der Waals surface area (Å²) in [6, 6.07) is 6.14. The Hall–Kier alpha value is -0.850. The monoisotopic (exact) mass is 372 g/mol. The van der Waals surface area contributed by atoms with Gasteiger partial charge in [0.2, 0.25) is 0 Å². The number of rotatable bonds is 5. The van der Waals surface area contributed by atoms with E-state index in [1.165, 1.54) is 0 Å². The van der Waals surface area contributed by atoms with Crippen LogP contribution in [0.3, 0.4) is 0 Å². The van der Waals surface area contributed by atoms with Gasteiger partial charge in [0, 0.05) is 13.2 Å². The Morgan fingerprint density at radius 3 is 3.00 bits per heavy atom. The molecule has 2 N–H and O–H groups in total. The number of benzene rings is 1. The molecule has 1 heterocycles. The molecule has 1 aromatic rings. The van der Waals surface area contributed by atoms with E-state index in [9.17, 15) is 0 Å². The molecule has 1 fully saturated rings. The molecule has 2 atom stereocenters. The highest BCUT2D eigenvalue weighted by Gasteiger charge is 2.16. The number of nitrogens with one attached hydrogen (secondary N) is 2. The molecule has 0 aliphatic carbocycles. The molecule has 0 radical (unpaired) electrons. The Labute approximate surface area is 139 Å². The molecule has 1 aromatic carbocycles. The van der Waals surface area contributed by atoms with Gasteiger partial charge in [0.15, 0.2) is 5.11 Å². The minimum Gasteiger partial charge on any atom is -0.496 e. The first kappa shape index (κ1) is 16.5. The number of hydrogen-bond acceptors (Lipinski definition) is 3. The van der Waals surface area contributed by atoms with Crippen molar-refractivity contribution in [1.82, 2.24) is 10.6 Å². The van der Waals surface area contributed by atoms with E-state index in [0.29, 0.717) is 5.11 Å². The van der Waals surface area contributed by atoms with Gasteiger partial charge in [-0.15, -0.1) is 0 Å². The summed E-state index contributed by atoms with van der Waals surface area (Å²) >= 11 is 8.83. The van der Waals surface area contributed by atoms with E-state index >= 15 is 0 Å². The molecule has 0 bridgehead atoms. The quantitative estimate of drug-likeness (QED) is 0.777. The van der Waals surface area contributed by atoms with Crippen LogP contribution in [0.1, 0.15) is 31.4 Å². The average molecular weight is 373 g/mol. The van der Waals surface area contributed by atoms with Crippen LogP contribution in [0, 0.1) is 0 Å². The van der Waals surface area contributed by atoms with Crippen LogP contribution in [-0.2, 0) is 4.74 Å². The third kappa shape index (κ3) is 4.83. The number of hydrogen-bond donors (Lipinski definition) is 2. The summed E-state index contributed by atoms with van der Waals surface area (Å²) in [4.78, 5) is 0. The minimum atomic E-state index is 0.122. The van der Waals surface area contributed by atoms with Crippen molar-refractivity contribution >= 4 is 33.3 Å². The Morgan fingerprint density at radius 2 is 2.38 bits per heavy atom. The topological polar surface area (TPSA) is 42.5 Å².